The van der Waals surface area contributed by atoms with Crippen LogP contribution in [0.1, 0.15) is 32.8 Å². The molecule has 1 aromatic carbocycles. The molecule has 0 bridgehead atoms. The van der Waals surface area contributed by atoms with E-state index in [-0.39, 0.29) is 6.42 Å². The number of benzene rings is 1. The second kappa shape index (κ2) is 7.38. The highest BCUT2D eigenvalue weighted by Crippen LogP contribution is 2.29. The van der Waals surface area contributed by atoms with E-state index >= 15 is 0 Å². The largest absolute Gasteiger partial charge is 0.203 e. The lowest BCUT2D eigenvalue weighted by Crippen LogP contribution is -2.31. The van der Waals surface area contributed by atoms with Crippen molar-refractivity contribution in [3.63, 3.8) is 0 Å². The molecule has 0 N–H and O–H groups in total. The van der Waals surface area contributed by atoms with Crippen LogP contribution >= 0.6 is 0 Å². The molecule has 0 saturated carbocycles. The van der Waals surface area contributed by atoms with E-state index in [4.69, 9.17) is 0 Å². The van der Waals surface area contributed by atoms with Gasteiger partial charge in [-0.2, -0.15) is 0 Å². The molecule has 0 aromatic heterocycles. The summed E-state index contributed by atoms with van der Waals surface area (Å²) in [6.07, 6.45) is 0.348. The van der Waals surface area contributed by atoms with Gasteiger partial charge in [-0.05, 0) is 6.42 Å². The molecule has 0 heterocycles. The molecule has 0 aliphatic rings. The van der Waals surface area contributed by atoms with Crippen molar-refractivity contribution in [2.45, 2.75) is 57.8 Å². The lowest BCUT2D eigenvalue weighted by atomic mass is 10.1. The Bertz CT molecular complexity index is 460. The van der Waals surface area contributed by atoms with Crippen molar-refractivity contribution in [3.8, 4) is 0 Å². The normalized spacial score (nSPS) is 12.0. The smallest absolute Gasteiger partial charge is 0.200 e. The minimum absolute atomic E-state index is 0.111. The van der Waals surface area contributed by atoms with E-state index in [0.29, 0.717) is 6.42 Å². The Balaban J connectivity index is 2.91. The van der Waals surface area contributed by atoms with Crippen LogP contribution in [0.5, 0.6) is 0 Å². The highest BCUT2D eigenvalue weighted by Gasteiger charge is 2.28. The van der Waals surface area contributed by atoms with Crippen molar-refractivity contribution in [2.24, 2.45) is 0 Å². The molecule has 6 heteroatoms. The molecular formula is C15H21F5Si. The Labute approximate surface area is 123 Å². The fraction of sp³-hybridized carbons (Fsp3) is 0.600. The van der Waals surface area contributed by atoms with Crippen molar-refractivity contribution in [1.29, 1.82) is 0 Å². The van der Waals surface area contributed by atoms with Crippen LogP contribution in [0.2, 0.25) is 24.2 Å². The third-order valence-corrected chi connectivity index (χ3v) is 10.6. The van der Waals surface area contributed by atoms with Gasteiger partial charge in [0.15, 0.2) is 23.3 Å². The van der Waals surface area contributed by atoms with Crippen molar-refractivity contribution >= 4 is 8.07 Å². The zero-order chi connectivity index (χ0) is 16.2. The van der Waals surface area contributed by atoms with E-state index in [9.17, 15) is 22.0 Å². The molecular weight excluding hydrogens is 303 g/mol. The van der Waals surface area contributed by atoms with Crippen LogP contribution in [0.25, 0.3) is 0 Å². The van der Waals surface area contributed by atoms with Crippen LogP contribution in [0.15, 0.2) is 0 Å². The Kier molecular flexibility index (Phi) is 6.37. The van der Waals surface area contributed by atoms with Crippen molar-refractivity contribution in [1.82, 2.24) is 0 Å². The molecule has 1 rings (SSSR count). The molecule has 0 nitrogen and oxygen atoms in total. The van der Waals surface area contributed by atoms with Gasteiger partial charge in [-0.25, -0.2) is 22.0 Å². The molecule has 120 valence electrons. The summed E-state index contributed by atoms with van der Waals surface area (Å²) >= 11 is 0. The minimum atomic E-state index is -2.09. The fourth-order valence-corrected chi connectivity index (χ4v) is 6.28. The van der Waals surface area contributed by atoms with Gasteiger partial charge in [0.25, 0.3) is 0 Å². The molecule has 0 fully saturated rings. The topological polar surface area (TPSA) is 0 Å². The first-order chi connectivity index (χ1) is 9.83. The average molecular weight is 324 g/mol. The predicted molar refractivity (Wildman–Crippen MR) is 76.6 cm³/mol. The molecule has 0 radical (unpaired) electrons. The van der Waals surface area contributed by atoms with Crippen LogP contribution in [-0.2, 0) is 6.42 Å². The maximum Gasteiger partial charge on any atom is 0.200 e. The van der Waals surface area contributed by atoms with Crippen molar-refractivity contribution < 1.29 is 22.0 Å². The number of hydrogen-bond donors (Lipinski definition) is 0. The minimum Gasteiger partial charge on any atom is -0.203 e. The maximum atomic E-state index is 13.6. The van der Waals surface area contributed by atoms with Gasteiger partial charge in [0, 0.05) is 5.56 Å². The lowest BCUT2D eigenvalue weighted by molar-refractivity contribution is 0.369. The van der Waals surface area contributed by atoms with Gasteiger partial charge in [-0.15, -0.1) is 0 Å². The molecule has 0 saturated heterocycles. The number of halogens is 5. The monoisotopic (exact) mass is 324 g/mol. The van der Waals surface area contributed by atoms with Gasteiger partial charge in [0.1, 0.15) is 0 Å². The van der Waals surface area contributed by atoms with E-state index in [1.54, 1.807) is 0 Å². The lowest BCUT2D eigenvalue weighted by Gasteiger charge is -2.28. The quantitative estimate of drug-likeness (QED) is 0.256. The molecule has 0 amide bonds. The first-order valence-electron chi connectivity index (χ1n) is 7.33. The SMILES string of the molecule is CC[Si](CC)(CC)CCCc1c(F)c(F)c(F)c(F)c1F. The molecule has 0 atom stereocenters. The summed E-state index contributed by atoms with van der Waals surface area (Å²) in [5, 5.41) is 0. The first-order valence-corrected chi connectivity index (χ1v) is 10.2. The van der Waals surface area contributed by atoms with Crippen molar-refractivity contribution in [2.75, 3.05) is 0 Å². The summed E-state index contributed by atoms with van der Waals surface area (Å²) in [4.78, 5) is 0. The van der Waals surface area contributed by atoms with Gasteiger partial charge in [-0.1, -0.05) is 51.4 Å². The standard InChI is InChI=1S/C15H21F5Si/c1-4-21(5-2,6-3)9-7-8-10-11(16)13(18)15(20)14(19)12(10)17/h4-9H2,1-3H3. The molecule has 0 aliphatic carbocycles. The van der Waals surface area contributed by atoms with Crippen molar-refractivity contribution in [3.05, 3.63) is 34.6 Å². The molecule has 1 aromatic rings. The summed E-state index contributed by atoms with van der Waals surface area (Å²) in [7, 11) is -1.45. The van der Waals surface area contributed by atoms with Gasteiger partial charge in [0.05, 0.1) is 8.07 Å². The fourth-order valence-electron chi connectivity index (χ4n) is 2.79. The third-order valence-electron chi connectivity index (χ3n) is 4.68. The zero-order valence-corrected chi connectivity index (χ0v) is 13.6. The summed E-state index contributed by atoms with van der Waals surface area (Å²) in [6.45, 7) is 6.33. The number of hydrogen-bond acceptors (Lipinski definition) is 0. The Morgan fingerprint density at radius 1 is 0.667 bits per heavy atom. The summed E-state index contributed by atoms with van der Waals surface area (Å²) in [6, 6.07) is 4.04. The molecule has 0 aliphatic heterocycles. The van der Waals surface area contributed by atoms with Crippen LogP contribution in [0.4, 0.5) is 22.0 Å². The second-order valence-electron chi connectivity index (χ2n) is 5.46. The van der Waals surface area contributed by atoms with Crippen LogP contribution < -0.4 is 0 Å². The van der Waals surface area contributed by atoms with Crippen LogP contribution in [0, 0.1) is 29.1 Å². The Morgan fingerprint density at radius 3 is 1.43 bits per heavy atom. The first kappa shape index (κ1) is 18.1. The van der Waals surface area contributed by atoms with E-state index in [1.807, 2.05) is 0 Å². The summed E-state index contributed by atoms with van der Waals surface area (Å²) in [5.74, 6) is -9.18. The van der Waals surface area contributed by atoms with Gasteiger partial charge in [0.2, 0.25) is 5.82 Å². The van der Waals surface area contributed by atoms with E-state index in [2.05, 4.69) is 20.8 Å². The number of rotatable bonds is 7. The van der Waals surface area contributed by atoms with E-state index < -0.39 is 42.7 Å². The van der Waals surface area contributed by atoms with Crippen LogP contribution in [-0.4, -0.2) is 8.07 Å². The third kappa shape index (κ3) is 3.65. The highest BCUT2D eigenvalue weighted by atomic mass is 28.3. The Hall–Kier alpha value is -0.913. The molecule has 21 heavy (non-hydrogen) atoms. The Morgan fingerprint density at radius 2 is 1.05 bits per heavy atom. The van der Waals surface area contributed by atoms with Gasteiger partial charge in [-0.3, -0.25) is 0 Å². The van der Waals surface area contributed by atoms with Crippen LogP contribution in [0.3, 0.4) is 0 Å². The van der Waals surface area contributed by atoms with E-state index in [1.165, 1.54) is 0 Å². The molecule has 0 spiro atoms. The van der Waals surface area contributed by atoms with E-state index in [0.717, 1.165) is 24.2 Å². The predicted octanol–water partition coefficient (Wildman–Crippen LogP) is 5.82. The summed E-state index contributed by atoms with van der Waals surface area (Å²) < 4.78 is 66.3. The highest BCUT2D eigenvalue weighted by molar-refractivity contribution is 6.79. The maximum absolute atomic E-state index is 13.6. The average Bonchev–Trinajstić information content (AvgIpc) is 2.51. The van der Waals surface area contributed by atoms with Gasteiger partial charge < -0.3 is 0 Å². The van der Waals surface area contributed by atoms with Gasteiger partial charge >= 0.3 is 0 Å². The second-order valence-corrected chi connectivity index (χ2v) is 11.1. The molecule has 0 unspecified atom stereocenters. The zero-order valence-electron chi connectivity index (χ0n) is 12.6. The summed E-state index contributed by atoms with van der Waals surface area (Å²) in [5.41, 5.74) is -0.683.